The van der Waals surface area contributed by atoms with E-state index in [1.807, 2.05) is 0 Å². The van der Waals surface area contributed by atoms with Crippen LogP contribution in [0.4, 0.5) is 0 Å². The standard InChI is InChI=1S/C8H16O3/c1-3-6(2)4-5-7(9)8(10)11/h6-7,9H,3-5H2,1-2H3,(H,10,11). The molecule has 0 amide bonds. The number of aliphatic carboxylic acids is 1. The Balaban J connectivity index is 3.45. The molecule has 2 atom stereocenters. The number of rotatable bonds is 5. The summed E-state index contributed by atoms with van der Waals surface area (Å²) in [5.74, 6) is -0.614. The van der Waals surface area contributed by atoms with E-state index in [1.54, 1.807) is 0 Å². The molecule has 0 aromatic rings. The van der Waals surface area contributed by atoms with Gasteiger partial charge in [0.25, 0.3) is 0 Å². The van der Waals surface area contributed by atoms with Gasteiger partial charge in [-0.3, -0.25) is 0 Å². The second-order valence-corrected chi connectivity index (χ2v) is 2.94. The first-order valence-electron chi connectivity index (χ1n) is 3.98. The number of hydrogen-bond acceptors (Lipinski definition) is 2. The Hall–Kier alpha value is -0.570. The number of aliphatic hydroxyl groups excluding tert-OH is 1. The molecular weight excluding hydrogens is 144 g/mol. The highest BCUT2D eigenvalue weighted by Gasteiger charge is 2.13. The van der Waals surface area contributed by atoms with Crippen molar-refractivity contribution in [2.75, 3.05) is 0 Å². The molecule has 0 aromatic carbocycles. The minimum absolute atomic E-state index is 0.365. The average molecular weight is 160 g/mol. The van der Waals surface area contributed by atoms with Crippen LogP contribution in [0.5, 0.6) is 0 Å². The van der Waals surface area contributed by atoms with Crippen molar-refractivity contribution in [2.45, 2.75) is 39.2 Å². The predicted octanol–water partition coefficient (Wildman–Crippen LogP) is 1.26. The van der Waals surface area contributed by atoms with Crippen molar-refractivity contribution in [3.8, 4) is 0 Å². The highest BCUT2D eigenvalue weighted by atomic mass is 16.4. The number of carboxylic acids is 1. The first-order chi connectivity index (χ1) is 5.07. The third-order valence-corrected chi connectivity index (χ3v) is 1.91. The molecule has 0 heterocycles. The van der Waals surface area contributed by atoms with E-state index in [2.05, 4.69) is 13.8 Å². The van der Waals surface area contributed by atoms with Gasteiger partial charge < -0.3 is 10.2 Å². The minimum atomic E-state index is -1.18. The van der Waals surface area contributed by atoms with Crippen LogP contribution in [-0.2, 0) is 4.79 Å². The lowest BCUT2D eigenvalue weighted by Crippen LogP contribution is -2.19. The molecule has 0 aliphatic carbocycles. The smallest absolute Gasteiger partial charge is 0.332 e. The quantitative estimate of drug-likeness (QED) is 0.636. The number of carboxylic acid groups (broad SMARTS) is 1. The maximum Gasteiger partial charge on any atom is 0.332 e. The zero-order valence-electron chi connectivity index (χ0n) is 7.08. The van der Waals surface area contributed by atoms with Crippen LogP contribution in [0.2, 0.25) is 0 Å². The van der Waals surface area contributed by atoms with Crippen molar-refractivity contribution in [1.82, 2.24) is 0 Å². The molecule has 0 saturated carbocycles. The summed E-state index contributed by atoms with van der Waals surface area (Å²) in [5.41, 5.74) is 0. The lowest BCUT2D eigenvalue weighted by Gasteiger charge is -2.09. The van der Waals surface area contributed by atoms with E-state index >= 15 is 0 Å². The van der Waals surface area contributed by atoms with Crippen molar-refractivity contribution in [2.24, 2.45) is 5.92 Å². The summed E-state index contributed by atoms with van der Waals surface area (Å²) in [6.07, 6.45) is 1.00. The molecule has 0 aliphatic heterocycles. The van der Waals surface area contributed by atoms with E-state index in [1.165, 1.54) is 0 Å². The number of hydrogen-bond donors (Lipinski definition) is 2. The Kier molecular flexibility index (Phi) is 4.86. The van der Waals surface area contributed by atoms with Gasteiger partial charge in [-0.2, -0.15) is 0 Å². The van der Waals surface area contributed by atoms with Crippen LogP contribution in [0.3, 0.4) is 0 Å². The normalized spacial score (nSPS) is 15.9. The first-order valence-corrected chi connectivity index (χ1v) is 3.98. The fraction of sp³-hybridized carbons (Fsp3) is 0.875. The SMILES string of the molecule is CCC(C)CCC(O)C(=O)O. The average Bonchev–Trinajstić information content (AvgIpc) is 1.99. The summed E-state index contributed by atoms with van der Waals surface area (Å²) in [7, 11) is 0. The van der Waals surface area contributed by atoms with E-state index in [4.69, 9.17) is 10.2 Å². The number of aliphatic hydroxyl groups is 1. The fourth-order valence-corrected chi connectivity index (χ4v) is 0.770. The molecule has 2 N–H and O–H groups in total. The summed E-state index contributed by atoms with van der Waals surface area (Å²) >= 11 is 0. The van der Waals surface area contributed by atoms with Crippen molar-refractivity contribution in [3.05, 3.63) is 0 Å². The van der Waals surface area contributed by atoms with Gasteiger partial charge in [0.05, 0.1) is 0 Å². The zero-order valence-corrected chi connectivity index (χ0v) is 7.08. The maximum atomic E-state index is 10.2. The highest BCUT2D eigenvalue weighted by Crippen LogP contribution is 2.10. The van der Waals surface area contributed by atoms with Gasteiger partial charge in [-0.05, 0) is 18.8 Å². The monoisotopic (exact) mass is 160 g/mol. The Morgan fingerprint density at radius 2 is 2.00 bits per heavy atom. The van der Waals surface area contributed by atoms with Crippen LogP contribution in [0.25, 0.3) is 0 Å². The summed E-state index contributed by atoms with van der Waals surface area (Å²) < 4.78 is 0. The Bertz CT molecular complexity index is 123. The maximum absolute atomic E-state index is 10.2. The van der Waals surface area contributed by atoms with E-state index in [0.717, 1.165) is 12.8 Å². The van der Waals surface area contributed by atoms with Gasteiger partial charge in [0.1, 0.15) is 0 Å². The van der Waals surface area contributed by atoms with E-state index < -0.39 is 12.1 Å². The third kappa shape index (κ3) is 4.79. The van der Waals surface area contributed by atoms with Crippen LogP contribution in [-0.4, -0.2) is 22.3 Å². The van der Waals surface area contributed by atoms with Crippen LogP contribution < -0.4 is 0 Å². The van der Waals surface area contributed by atoms with E-state index in [0.29, 0.717) is 12.3 Å². The van der Waals surface area contributed by atoms with E-state index in [-0.39, 0.29) is 0 Å². The van der Waals surface area contributed by atoms with Crippen molar-refractivity contribution in [3.63, 3.8) is 0 Å². The van der Waals surface area contributed by atoms with Crippen molar-refractivity contribution >= 4 is 5.97 Å². The summed E-state index contributed by atoms with van der Waals surface area (Å²) in [6, 6.07) is 0. The Labute approximate surface area is 67.0 Å². The van der Waals surface area contributed by atoms with Crippen molar-refractivity contribution in [1.29, 1.82) is 0 Å². The molecule has 11 heavy (non-hydrogen) atoms. The molecule has 0 saturated heterocycles. The Morgan fingerprint density at radius 3 is 2.36 bits per heavy atom. The highest BCUT2D eigenvalue weighted by molar-refractivity contribution is 5.71. The van der Waals surface area contributed by atoms with Gasteiger partial charge in [0.15, 0.2) is 6.10 Å². The second kappa shape index (κ2) is 5.13. The van der Waals surface area contributed by atoms with Gasteiger partial charge in [0.2, 0.25) is 0 Å². The minimum Gasteiger partial charge on any atom is -0.479 e. The molecule has 0 aliphatic rings. The summed E-state index contributed by atoms with van der Waals surface area (Å²) in [6.45, 7) is 4.10. The molecule has 0 fully saturated rings. The lowest BCUT2D eigenvalue weighted by atomic mass is 10.0. The Morgan fingerprint density at radius 1 is 1.45 bits per heavy atom. The molecule has 3 nitrogen and oxygen atoms in total. The molecule has 0 bridgehead atoms. The second-order valence-electron chi connectivity index (χ2n) is 2.94. The molecular formula is C8H16O3. The lowest BCUT2D eigenvalue weighted by molar-refractivity contribution is -0.147. The molecule has 66 valence electrons. The van der Waals surface area contributed by atoms with Gasteiger partial charge >= 0.3 is 5.97 Å². The molecule has 0 radical (unpaired) electrons. The van der Waals surface area contributed by atoms with Crippen LogP contribution in [0, 0.1) is 5.92 Å². The van der Waals surface area contributed by atoms with Crippen LogP contribution in [0.1, 0.15) is 33.1 Å². The topological polar surface area (TPSA) is 57.5 Å². The molecule has 0 rings (SSSR count). The van der Waals surface area contributed by atoms with Crippen LogP contribution in [0.15, 0.2) is 0 Å². The summed E-state index contributed by atoms with van der Waals surface area (Å²) in [5, 5.41) is 17.2. The predicted molar refractivity (Wildman–Crippen MR) is 42.3 cm³/mol. The molecule has 2 unspecified atom stereocenters. The zero-order chi connectivity index (χ0) is 8.85. The first kappa shape index (κ1) is 10.4. The largest absolute Gasteiger partial charge is 0.479 e. The van der Waals surface area contributed by atoms with Gasteiger partial charge in [0, 0.05) is 0 Å². The number of carbonyl (C=O) groups is 1. The fourth-order valence-electron chi connectivity index (χ4n) is 0.770. The van der Waals surface area contributed by atoms with Gasteiger partial charge in [-0.25, -0.2) is 4.79 Å². The van der Waals surface area contributed by atoms with Gasteiger partial charge in [-0.15, -0.1) is 0 Å². The van der Waals surface area contributed by atoms with Gasteiger partial charge in [-0.1, -0.05) is 20.3 Å². The van der Waals surface area contributed by atoms with Crippen LogP contribution >= 0.6 is 0 Å². The molecule has 0 spiro atoms. The molecule has 3 heteroatoms. The molecule has 0 aromatic heterocycles. The van der Waals surface area contributed by atoms with Crippen molar-refractivity contribution < 1.29 is 15.0 Å². The van der Waals surface area contributed by atoms with E-state index in [9.17, 15) is 4.79 Å². The summed E-state index contributed by atoms with van der Waals surface area (Å²) in [4.78, 5) is 10.2. The third-order valence-electron chi connectivity index (χ3n) is 1.91.